The number of hydrogen-bond acceptors (Lipinski definition) is 2. The summed E-state index contributed by atoms with van der Waals surface area (Å²) in [6.45, 7) is 2.06. The van der Waals surface area contributed by atoms with Gasteiger partial charge in [0, 0.05) is 17.0 Å². The van der Waals surface area contributed by atoms with E-state index in [4.69, 9.17) is 0 Å². The molecule has 0 spiro atoms. The van der Waals surface area contributed by atoms with Gasteiger partial charge in [0.25, 0.3) is 0 Å². The molecule has 0 aliphatic rings. The Morgan fingerprint density at radius 1 is 1.15 bits per heavy atom. The van der Waals surface area contributed by atoms with E-state index in [0.717, 1.165) is 4.90 Å². The largest absolute Gasteiger partial charge is 0.351 e. The van der Waals surface area contributed by atoms with Crippen molar-refractivity contribution < 1.29 is 9.18 Å². The van der Waals surface area contributed by atoms with E-state index in [1.165, 1.54) is 17.8 Å². The fourth-order valence-electron chi connectivity index (χ4n) is 1.72. The van der Waals surface area contributed by atoms with E-state index < -0.39 is 0 Å². The maximum atomic E-state index is 13.4. The van der Waals surface area contributed by atoms with E-state index in [0.29, 0.717) is 5.56 Å². The lowest BCUT2D eigenvalue weighted by atomic mass is 10.2. The molecule has 0 saturated carbocycles. The highest BCUT2D eigenvalue weighted by Gasteiger charge is 2.14. The van der Waals surface area contributed by atoms with Crippen LogP contribution < -0.4 is 5.32 Å². The zero-order chi connectivity index (χ0) is 14.4. The van der Waals surface area contributed by atoms with Crippen LogP contribution in [0.4, 0.5) is 4.39 Å². The number of thioether (sulfide) groups is 1. The molecule has 0 fully saturated rings. The zero-order valence-electron chi connectivity index (χ0n) is 11.2. The number of carbonyl (C=O) groups is 1. The summed E-state index contributed by atoms with van der Waals surface area (Å²) in [5.41, 5.74) is 0.498. The second-order valence-corrected chi connectivity index (χ2v) is 5.80. The van der Waals surface area contributed by atoms with Gasteiger partial charge in [-0.2, -0.15) is 0 Å². The minimum absolute atomic E-state index is 0.0953. The van der Waals surface area contributed by atoms with Crippen molar-refractivity contribution in [1.29, 1.82) is 0 Å². The van der Waals surface area contributed by atoms with E-state index >= 15 is 0 Å². The Kier molecular flexibility index (Phi) is 5.18. The highest BCUT2D eigenvalue weighted by atomic mass is 32.2. The predicted molar refractivity (Wildman–Crippen MR) is 80.0 cm³/mol. The summed E-state index contributed by atoms with van der Waals surface area (Å²) in [6, 6.07) is 16.2. The molecule has 0 saturated heterocycles. The minimum Gasteiger partial charge on any atom is -0.351 e. The van der Waals surface area contributed by atoms with Crippen LogP contribution in [-0.4, -0.2) is 11.2 Å². The number of benzene rings is 2. The quantitative estimate of drug-likeness (QED) is 0.852. The Balaban J connectivity index is 1.87. The summed E-state index contributed by atoms with van der Waals surface area (Å²) in [7, 11) is 0. The van der Waals surface area contributed by atoms with Gasteiger partial charge in [0.05, 0.1) is 5.25 Å². The Morgan fingerprint density at radius 2 is 1.80 bits per heavy atom. The van der Waals surface area contributed by atoms with Crippen molar-refractivity contribution in [2.75, 3.05) is 0 Å². The van der Waals surface area contributed by atoms with Crippen molar-refractivity contribution >= 4 is 17.7 Å². The highest BCUT2D eigenvalue weighted by Crippen LogP contribution is 2.22. The molecule has 2 nitrogen and oxygen atoms in total. The van der Waals surface area contributed by atoms with E-state index in [9.17, 15) is 9.18 Å². The lowest BCUT2D eigenvalue weighted by Crippen LogP contribution is -2.30. The standard InChI is InChI=1S/C16H16FNOS/c1-12(20-14-8-3-2-4-9-14)16(19)18-11-13-7-5-6-10-15(13)17/h2-10,12H,11H2,1H3,(H,18,19)/t12-/m1/s1. The lowest BCUT2D eigenvalue weighted by Gasteiger charge is -2.12. The zero-order valence-corrected chi connectivity index (χ0v) is 12.0. The second kappa shape index (κ2) is 7.10. The van der Waals surface area contributed by atoms with E-state index in [1.54, 1.807) is 18.2 Å². The highest BCUT2D eigenvalue weighted by molar-refractivity contribution is 8.00. The Hall–Kier alpha value is -1.81. The molecular formula is C16H16FNOS. The van der Waals surface area contributed by atoms with Crippen LogP contribution in [-0.2, 0) is 11.3 Å². The molecule has 0 heterocycles. The molecule has 0 bridgehead atoms. The summed E-state index contributed by atoms with van der Waals surface area (Å²) < 4.78 is 13.4. The third-order valence-electron chi connectivity index (χ3n) is 2.84. The lowest BCUT2D eigenvalue weighted by molar-refractivity contribution is -0.120. The maximum Gasteiger partial charge on any atom is 0.233 e. The normalized spacial score (nSPS) is 11.9. The summed E-state index contributed by atoms with van der Waals surface area (Å²) >= 11 is 1.49. The summed E-state index contributed by atoms with van der Waals surface area (Å²) in [6.07, 6.45) is 0. The van der Waals surface area contributed by atoms with Crippen molar-refractivity contribution in [2.24, 2.45) is 0 Å². The Labute approximate surface area is 122 Å². The van der Waals surface area contributed by atoms with Crippen LogP contribution in [0, 0.1) is 5.82 Å². The average Bonchev–Trinajstić information content (AvgIpc) is 2.47. The van der Waals surface area contributed by atoms with Gasteiger partial charge >= 0.3 is 0 Å². The van der Waals surface area contributed by atoms with Gasteiger partial charge in [0.1, 0.15) is 5.82 Å². The van der Waals surface area contributed by atoms with Crippen LogP contribution in [0.15, 0.2) is 59.5 Å². The molecule has 4 heteroatoms. The van der Waals surface area contributed by atoms with Crippen molar-refractivity contribution in [1.82, 2.24) is 5.32 Å². The Bertz CT molecular complexity index is 574. The Morgan fingerprint density at radius 3 is 2.50 bits per heavy atom. The molecule has 2 aromatic rings. The van der Waals surface area contributed by atoms with E-state index in [1.807, 2.05) is 37.3 Å². The summed E-state index contributed by atoms with van der Waals surface area (Å²) in [4.78, 5) is 13.0. The van der Waals surface area contributed by atoms with Crippen molar-refractivity contribution in [3.8, 4) is 0 Å². The first-order valence-corrected chi connectivity index (χ1v) is 7.27. The molecule has 104 valence electrons. The van der Waals surface area contributed by atoms with Crippen LogP contribution in [0.1, 0.15) is 12.5 Å². The molecular weight excluding hydrogens is 273 g/mol. The monoisotopic (exact) mass is 289 g/mol. The third-order valence-corrected chi connectivity index (χ3v) is 3.95. The fraction of sp³-hybridized carbons (Fsp3) is 0.188. The van der Waals surface area contributed by atoms with Crippen LogP contribution >= 0.6 is 11.8 Å². The second-order valence-electron chi connectivity index (χ2n) is 4.38. The average molecular weight is 289 g/mol. The van der Waals surface area contributed by atoms with Gasteiger partial charge < -0.3 is 5.32 Å². The topological polar surface area (TPSA) is 29.1 Å². The number of carbonyl (C=O) groups excluding carboxylic acids is 1. The fourth-order valence-corrected chi connectivity index (χ4v) is 2.64. The van der Waals surface area contributed by atoms with Gasteiger partial charge in [-0.15, -0.1) is 11.8 Å². The first-order valence-electron chi connectivity index (χ1n) is 6.39. The SMILES string of the molecule is C[C@@H](Sc1ccccc1)C(=O)NCc1ccccc1F. The van der Waals surface area contributed by atoms with Gasteiger partial charge in [-0.3, -0.25) is 4.79 Å². The van der Waals surface area contributed by atoms with Gasteiger partial charge in [0.15, 0.2) is 0 Å². The van der Waals surface area contributed by atoms with Gasteiger partial charge in [-0.1, -0.05) is 36.4 Å². The van der Waals surface area contributed by atoms with Gasteiger partial charge in [0.2, 0.25) is 5.91 Å². The molecule has 2 aromatic carbocycles. The van der Waals surface area contributed by atoms with Crippen LogP contribution in [0.25, 0.3) is 0 Å². The molecule has 1 amide bonds. The van der Waals surface area contributed by atoms with Crippen LogP contribution in [0.5, 0.6) is 0 Å². The first-order chi connectivity index (χ1) is 9.66. The molecule has 0 aliphatic carbocycles. The molecule has 20 heavy (non-hydrogen) atoms. The number of amides is 1. The van der Waals surface area contributed by atoms with Gasteiger partial charge in [-0.05, 0) is 25.1 Å². The van der Waals surface area contributed by atoms with E-state index in [2.05, 4.69) is 5.32 Å². The number of halogens is 1. The van der Waals surface area contributed by atoms with Crippen molar-refractivity contribution in [2.45, 2.75) is 23.6 Å². The van der Waals surface area contributed by atoms with Crippen LogP contribution in [0.2, 0.25) is 0 Å². The molecule has 0 aliphatic heterocycles. The molecule has 0 aromatic heterocycles. The number of nitrogens with one attached hydrogen (secondary N) is 1. The number of hydrogen-bond donors (Lipinski definition) is 1. The predicted octanol–water partition coefficient (Wildman–Crippen LogP) is 3.62. The summed E-state index contributed by atoms with van der Waals surface area (Å²) in [5.74, 6) is -0.390. The maximum absolute atomic E-state index is 13.4. The van der Waals surface area contributed by atoms with Gasteiger partial charge in [-0.25, -0.2) is 4.39 Å². The molecule has 0 unspecified atom stereocenters. The third kappa shape index (κ3) is 4.10. The summed E-state index contributed by atoms with van der Waals surface area (Å²) in [5, 5.41) is 2.54. The number of rotatable bonds is 5. The first kappa shape index (κ1) is 14.6. The molecule has 2 rings (SSSR count). The van der Waals surface area contributed by atoms with Crippen LogP contribution in [0.3, 0.4) is 0 Å². The smallest absolute Gasteiger partial charge is 0.233 e. The molecule has 0 radical (unpaired) electrons. The van der Waals surface area contributed by atoms with E-state index in [-0.39, 0.29) is 23.5 Å². The molecule has 1 N–H and O–H groups in total. The molecule has 1 atom stereocenters. The van der Waals surface area contributed by atoms with Crippen molar-refractivity contribution in [3.05, 3.63) is 66.0 Å². The van der Waals surface area contributed by atoms with Crippen molar-refractivity contribution in [3.63, 3.8) is 0 Å². The minimum atomic E-state index is -0.295.